The van der Waals surface area contributed by atoms with Crippen molar-refractivity contribution in [1.82, 2.24) is 20.4 Å². The van der Waals surface area contributed by atoms with Crippen LogP contribution in [0.4, 0.5) is 5.69 Å². The Labute approximate surface area is 142 Å². The van der Waals surface area contributed by atoms with Gasteiger partial charge < -0.3 is 15.4 Å². The van der Waals surface area contributed by atoms with Gasteiger partial charge in [-0.15, -0.1) is 0 Å². The van der Waals surface area contributed by atoms with E-state index in [1.807, 2.05) is 6.07 Å². The van der Waals surface area contributed by atoms with Crippen molar-refractivity contribution >= 4 is 17.5 Å². The number of amides is 2. The Morgan fingerprint density at radius 1 is 1.16 bits per heavy atom. The lowest BCUT2D eigenvalue weighted by Gasteiger charge is -2.08. The predicted octanol–water partition coefficient (Wildman–Crippen LogP) is 0.103. The molecule has 2 amide bonds. The molecule has 10 heteroatoms. The summed E-state index contributed by atoms with van der Waals surface area (Å²) in [6.45, 7) is 0.203. The minimum Gasteiger partial charge on any atom is -0.484 e. The third kappa shape index (κ3) is 6.29. The molecule has 0 saturated heterocycles. The number of hydrogen-bond acceptors (Lipinski definition) is 6. The van der Waals surface area contributed by atoms with Gasteiger partial charge >= 0.3 is 5.69 Å². The van der Waals surface area contributed by atoms with E-state index in [9.17, 15) is 19.7 Å². The van der Waals surface area contributed by atoms with Gasteiger partial charge in [0.1, 0.15) is 24.7 Å². The molecule has 0 aliphatic carbocycles. The molecule has 2 rings (SSSR count). The van der Waals surface area contributed by atoms with Crippen LogP contribution in [0.2, 0.25) is 0 Å². The summed E-state index contributed by atoms with van der Waals surface area (Å²) in [4.78, 5) is 33.2. The third-order valence-electron chi connectivity index (χ3n) is 3.02. The zero-order valence-corrected chi connectivity index (χ0v) is 13.3. The minimum absolute atomic E-state index is 0.116. The summed E-state index contributed by atoms with van der Waals surface area (Å²) >= 11 is 0. The molecule has 1 heterocycles. The van der Waals surface area contributed by atoms with Gasteiger partial charge in [0.05, 0.1) is 4.92 Å². The number of nitrogens with one attached hydrogen (secondary N) is 2. The second-order valence-electron chi connectivity index (χ2n) is 4.95. The molecule has 0 saturated carbocycles. The molecule has 132 valence electrons. The maximum Gasteiger partial charge on any atom is 0.307 e. The number of ether oxygens (including phenoxy) is 1. The Balaban J connectivity index is 1.59. The Bertz CT molecular complexity index is 731. The predicted molar refractivity (Wildman–Crippen MR) is 86.8 cm³/mol. The molecule has 1 aromatic carbocycles. The SMILES string of the molecule is O=C(COc1ccccc1)NCCNC(=O)Cn1cc([N+](=O)[O-])cn1. The average molecular weight is 347 g/mol. The highest BCUT2D eigenvalue weighted by Gasteiger charge is 2.11. The Morgan fingerprint density at radius 2 is 1.84 bits per heavy atom. The Kier molecular flexibility index (Phi) is 6.46. The third-order valence-corrected chi connectivity index (χ3v) is 3.02. The second kappa shape index (κ2) is 9.01. The highest BCUT2D eigenvalue weighted by molar-refractivity contribution is 5.78. The number of carbonyl (C=O) groups is 2. The monoisotopic (exact) mass is 347 g/mol. The van der Waals surface area contributed by atoms with Crippen LogP contribution >= 0.6 is 0 Å². The van der Waals surface area contributed by atoms with Gasteiger partial charge in [-0.05, 0) is 12.1 Å². The molecule has 0 atom stereocenters. The molecule has 0 aliphatic heterocycles. The van der Waals surface area contributed by atoms with Crippen LogP contribution in [0.1, 0.15) is 0 Å². The molecule has 0 unspecified atom stereocenters. The first-order valence-corrected chi connectivity index (χ1v) is 7.42. The topological polar surface area (TPSA) is 128 Å². The van der Waals surface area contributed by atoms with Crippen molar-refractivity contribution < 1.29 is 19.2 Å². The molecule has 0 bridgehead atoms. The van der Waals surface area contributed by atoms with Gasteiger partial charge in [0, 0.05) is 13.1 Å². The summed E-state index contributed by atoms with van der Waals surface area (Å²) in [5.41, 5.74) is -0.182. The molecule has 2 aromatic rings. The number of nitrogens with zero attached hydrogens (tertiary/aromatic N) is 3. The largest absolute Gasteiger partial charge is 0.484 e. The molecular weight excluding hydrogens is 330 g/mol. The van der Waals surface area contributed by atoms with Gasteiger partial charge in [-0.25, -0.2) is 0 Å². The van der Waals surface area contributed by atoms with Crippen molar-refractivity contribution in [3.05, 3.63) is 52.8 Å². The van der Waals surface area contributed by atoms with E-state index < -0.39 is 4.92 Å². The smallest absolute Gasteiger partial charge is 0.307 e. The van der Waals surface area contributed by atoms with Crippen LogP contribution in [-0.4, -0.2) is 46.2 Å². The van der Waals surface area contributed by atoms with Gasteiger partial charge in [-0.1, -0.05) is 18.2 Å². The lowest BCUT2D eigenvalue weighted by Crippen LogP contribution is -2.37. The van der Waals surface area contributed by atoms with Crippen LogP contribution in [-0.2, 0) is 16.1 Å². The summed E-state index contributed by atoms with van der Waals surface area (Å²) in [6.07, 6.45) is 2.24. The van der Waals surface area contributed by atoms with Gasteiger partial charge in [0.2, 0.25) is 5.91 Å². The van der Waals surface area contributed by atoms with Crippen LogP contribution in [0, 0.1) is 10.1 Å². The lowest BCUT2D eigenvalue weighted by atomic mass is 10.3. The normalized spacial score (nSPS) is 10.1. The first-order valence-electron chi connectivity index (χ1n) is 7.42. The van der Waals surface area contributed by atoms with E-state index in [1.54, 1.807) is 24.3 Å². The molecule has 0 fully saturated rings. The van der Waals surface area contributed by atoms with Crippen molar-refractivity contribution in [3.63, 3.8) is 0 Å². The number of carbonyl (C=O) groups excluding carboxylic acids is 2. The van der Waals surface area contributed by atoms with E-state index in [2.05, 4.69) is 15.7 Å². The van der Waals surface area contributed by atoms with Crippen molar-refractivity contribution in [1.29, 1.82) is 0 Å². The Morgan fingerprint density at radius 3 is 2.48 bits per heavy atom. The summed E-state index contributed by atoms with van der Waals surface area (Å²) < 4.78 is 6.45. The van der Waals surface area contributed by atoms with E-state index in [-0.39, 0.29) is 43.7 Å². The number of aromatic nitrogens is 2. The van der Waals surface area contributed by atoms with Crippen molar-refractivity contribution in [2.75, 3.05) is 19.7 Å². The molecule has 0 spiro atoms. The summed E-state index contributed by atoms with van der Waals surface area (Å²) in [5, 5.41) is 19.4. The van der Waals surface area contributed by atoms with Crippen molar-refractivity contribution in [2.24, 2.45) is 0 Å². The van der Waals surface area contributed by atoms with Crippen LogP contribution in [0.5, 0.6) is 5.75 Å². The van der Waals surface area contributed by atoms with E-state index in [1.165, 1.54) is 10.9 Å². The van der Waals surface area contributed by atoms with E-state index in [0.29, 0.717) is 5.75 Å². The molecule has 10 nitrogen and oxygen atoms in total. The fourth-order valence-electron chi connectivity index (χ4n) is 1.86. The second-order valence-corrected chi connectivity index (χ2v) is 4.95. The van der Waals surface area contributed by atoms with Crippen LogP contribution in [0.3, 0.4) is 0 Å². The number of nitro groups is 1. The molecule has 25 heavy (non-hydrogen) atoms. The fourth-order valence-corrected chi connectivity index (χ4v) is 1.86. The average Bonchev–Trinajstić information content (AvgIpc) is 3.06. The molecular formula is C15H17N5O5. The van der Waals surface area contributed by atoms with E-state index in [0.717, 1.165) is 6.20 Å². The fraction of sp³-hybridized carbons (Fsp3) is 0.267. The van der Waals surface area contributed by atoms with Crippen LogP contribution < -0.4 is 15.4 Å². The summed E-state index contributed by atoms with van der Waals surface area (Å²) in [7, 11) is 0. The van der Waals surface area contributed by atoms with Crippen LogP contribution in [0.15, 0.2) is 42.7 Å². The van der Waals surface area contributed by atoms with Gasteiger partial charge in [0.25, 0.3) is 5.91 Å². The molecule has 1 aromatic heterocycles. The lowest BCUT2D eigenvalue weighted by molar-refractivity contribution is -0.385. The van der Waals surface area contributed by atoms with Crippen molar-refractivity contribution in [3.8, 4) is 5.75 Å². The standard InChI is InChI=1S/C15H17N5O5/c21-14(10-19-9-12(8-18-19)20(23)24)16-6-7-17-15(22)11-25-13-4-2-1-3-5-13/h1-5,8-9H,6-7,10-11H2,(H,16,21)(H,17,22). The zero-order chi connectivity index (χ0) is 18.1. The number of hydrogen-bond donors (Lipinski definition) is 2. The van der Waals surface area contributed by atoms with Gasteiger partial charge in [-0.2, -0.15) is 5.10 Å². The molecule has 0 radical (unpaired) electrons. The van der Waals surface area contributed by atoms with E-state index in [4.69, 9.17) is 4.74 Å². The highest BCUT2D eigenvalue weighted by atomic mass is 16.6. The number of benzene rings is 1. The quantitative estimate of drug-likeness (QED) is 0.376. The maximum atomic E-state index is 11.7. The van der Waals surface area contributed by atoms with Gasteiger partial charge in [0.15, 0.2) is 6.61 Å². The van der Waals surface area contributed by atoms with E-state index >= 15 is 0 Å². The number of para-hydroxylation sites is 1. The molecule has 0 aliphatic rings. The highest BCUT2D eigenvalue weighted by Crippen LogP contribution is 2.08. The zero-order valence-electron chi connectivity index (χ0n) is 13.3. The first-order chi connectivity index (χ1) is 12.0. The first kappa shape index (κ1) is 17.9. The minimum atomic E-state index is -0.589. The summed E-state index contributed by atoms with van der Waals surface area (Å²) in [5.74, 6) is -0.0761. The van der Waals surface area contributed by atoms with Crippen molar-refractivity contribution in [2.45, 2.75) is 6.54 Å². The Hall–Kier alpha value is -3.43. The number of rotatable bonds is 9. The van der Waals surface area contributed by atoms with Gasteiger partial charge in [-0.3, -0.25) is 24.4 Å². The maximum absolute atomic E-state index is 11.7. The van der Waals surface area contributed by atoms with Crippen LogP contribution in [0.25, 0.3) is 0 Å². The molecule has 2 N–H and O–H groups in total. The summed E-state index contributed by atoms with van der Waals surface area (Å²) in [6, 6.07) is 8.94.